The Morgan fingerprint density at radius 2 is 1.59 bits per heavy atom. The number of benzene rings is 2. The molecule has 0 unspecified atom stereocenters. The highest BCUT2D eigenvalue weighted by Crippen LogP contribution is 2.20. The average Bonchev–Trinajstić information content (AvgIpc) is 2.66. The highest BCUT2D eigenvalue weighted by atomic mass is 17.2. The number of phenols is 1. The Morgan fingerprint density at radius 3 is 2.21 bits per heavy atom. The van der Waals surface area contributed by atoms with Crippen molar-refractivity contribution in [2.75, 3.05) is 6.79 Å². The number of hydrogen-bond acceptors (Lipinski definition) is 9. The highest BCUT2D eigenvalue weighted by Gasteiger charge is 2.22. The maximum absolute atomic E-state index is 12.0. The Hall–Kier alpha value is -4.03. The van der Waals surface area contributed by atoms with E-state index in [0.29, 0.717) is 0 Å². The van der Waals surface area contributed by atoms with Crippen LogP contribution < -0.4 is 0 Å². The molecule has 2 aromatic rings. The lowest BCUT2D eigenvalue weighted by atomic mass is 10.1. The van der Waals surface area contributed by atoms with Crippen LogP contribution in [-0.4, -0.2) is 44.9 Å². The number of esters is 1. The molecule has 3 N–H and O–H groups in total. The number of rotatable bonds is 9. The van der Waals surface area contributed by atoms with Crippen LogP contribution in [0, 0.1) is 10.1 Å². The Bertz CT molecular complexity index is 970. The lowest BCUT2D eigenvalue weighted by Crippen LogP contribution is -2.14. The molecule has 0 saturated carbocycles. The Kier molecular flexibility index (Phi) is 6.79. The zero-order valence-corrected chi connectivity index (χ0v) is 14.4. The van der Waals surface area contributed by atoms with Crippen molar-refractivity contribution in [1.29, 1.82) is 0 Å². The molecule has 12 nitrogen and oxygen atoms in total. The third-order valence-electron chi connectivity index (χ3n) is 3.52. The van der Waals surface area contributed by atoms with Crippen LogP contribution in [0.3, 0.4) is 0 Å². The van der Waals surface area contributed by atoms with Gasteiger partial charge in [-0.2, -0.15) is 4.89 Å². The van der Waals surface area contributed by atoms with Crippen molar-refractivity contribution in [3.05, 3.63) is 68.8 Å². The van der Waals surface area contributed by atoms with Crippen molar-refractivity contribution in [1.82, 2.24) is 0 Å². The fourth-order valence-electron chi connectivity index (χ4n) is 2.20. The first-order chi connectivity index (χ1) is 13.7. The maximum Gasteiger partial charge on any atom is 0.341 e. The van der Waals surface area contributed by atoms with E-state index >= 15 is 0 Å². The summed E-state index contributed by atoms with van der Waals surface area (Å²) in [7, 11) is 0. The van der Waals surface area contributed by atoms with E-state index in [1.165, 1.54) is 6.07 Å². The number of aromatic hydroxyl groups is 1. The number of aromatic carboxylic acids is 2. The number of ether oxygens (including phenoxy) is 1. The third-order valence-corrected chi connectivity index (χ3v) is 3.52. The predicted octanol–water partition coefficient (Wildman–Crippen LogP) is 1.96. The highest BCUT2D eigenvalue weighted by molar-refractivity contribution is 6.03. The summed E-state index contributed by atoms with van der Waals surface area (Å²) in [5, 5.41) is 38.3. The second kappa shape index (κ2) is 9.25. The minimum absolute atomic E-state index is 0.0793. The number of carboxylic acid groups (broad SMARTS) is 2. The van der Waals surface area contributed by atoms with Gasteiger partial charge in [0.05, 0.1) is 21.6 Å². The summed E-state index contributed by atoms with van der Waals surface area (Å²) in [5.74, 6) is -4.17. The second-order valence-electron chi connectivity index (χ2n) is 5.37. The molecular weight excluding hydrogens is 394 g/mol. The molecule has 0 aliphatic rings. The molecule has 0 fully saturated rings. The van der Waals surface area contributed by atoms with Gasteiger partial charge in [-0.05, 0) is 29.8 Å². The summed E-state index contributed by atoms with van der Waals surface area (Å²) in [6.45, 7) is -1.23. The zero-order chi connectivity index (χ0) is 21.6. The molecule has 12 heteroatoms. The number of nitro groups is 1. The van der Waals surface area contributed by atoms with Crippen molar-refractivity contribution in [2.24, 2.45) is 0 Å². The van der Waals surface area contributed by atoms with E-state index in [1.807, 2.05) is 0 Å². The largest absolute Gasteiger partial charge is 0.508 e. The van der Waals surface area contributed by atoms with Crippen LogP contribution in [0.4, 0.5) is 5.69 Å². The molecule has 0 aliphatic heterocycles. The van der Waals surface area contributed by atoms with Crippen LogP contribution in [0.25, 0.3) is 0 Å². The minimum atomic E-state index is -1.49. The third kappa shape index (κ3) is 5.47. The van der Waals surface area contributed by atoms with Gasteiger partial charge in [0.15, 0.2) is 0 Å². The van der Waals surface area contributed by atoms with E-state index in [1.54, 1.807) is 0 Å². The summed E-state index contributed by atoms with van der Waals surface area (Å²) in [4.78, 5) is 53.5. The van der Waals surface area contributed by atoms with Crippen molar-refractivity contribution >= 4 is 23.6 Å². The van der Waals surface area contributed by atoms with E-state index < -0.39 is 53.0 Å². The monoisotopic (exact) mass is 407 g/mol. The van der Waals surface area contributed by atoms with Crippen LogP contribution >= 0.6 is 0 Å². The van der Waals surface area contributed by atoms with E-state index in [-0.39, 0.29) is 16.9 Å². The zero-order valence-electron chi connectivity index (χ0n) is 14.4. The molecule has 152 valence electrons. The number of nitrogens with zero attached hydrogens (tertiary/aromatic N) is 1. The molecule has 0 atom stereocenters. The van der Waals surface area contributed by atoms with Gasteiger partial charge in [0, 0.05) is 12.1 Å². The SMILES string of the molecule is O=C(O)c1ccc(O)cc1COOCOC(=O)c1cc([N+](=O)[O-])ccc1C(=O)O. The van der Waals surface area contributed by atoms with Gasteiger partial charge in [-0.25, -0.2) is 19.3 Å². The molecule has 29 heavy (non-hydrogen) atoms. The van der Waals surface area contributed by atoms with Crippen molar-refractivity contribution in [2.45, 2.75) is 6.61 Å². The normalized spacial score (nSPS) is 10.3. The first-order valence-electron chi connectivity index (χ1n) is 7.69. The quantitative estimate of drug-likeness (QED) is 0.138. The van der Waals surface area contributed by atoms with Gasteiger partial charge < -0.3 is 20.1 Å². The molecule has 0 amide bonds. The first kappa shape index (κ1) is 21.3. The molecule has 0 spiro atoms. The molecule has 0 radical (unpaired) electrons. The number of carbonyl (C=O) groups is 3. The summed E-state index contributed by atoms with van der Waals surface area (Å²) >= 11 is 0. The van der Waals surface area contributed by atoms with Crippen LogP contribution in [0.1, 0.15) is 36.6 Å². The van der Waals surface area contributed by atoms with Gasteiger partial charge in [0.25, 0.3) is 5.69 Å². The molecule has 0 saturated heterocycles. The fourth-order valence-corrected chi connectivity index (χ4v) is 2.20. The smallest absolute Gasteiger partial charge is 0.341 e. The summed E-state index contributed by atoms with van der Waals surface area (Å²) in [5.41, 5.74) is -1.64. The van der Waals surface area contributed by atoms with Crippen LogP contribution in [0.5, 0.6) is 5.75 Å². The Balaban J connectivity index is 1.97. The van der Waals surface area contributed by atoms with Crippen LogP contribution in [-0.2, 0) is 21.1 Å². The minimum Gasteiger partial charge on any atom is -0.508 e. The number of carboxylic acids is 2. The molecular formula is C17H13NO11. The van der Waals surface area contributed by atoms with Gasteiger partial charge in [0.1, 0.15) is 12.4 Å². The first-order valence-corrected chi connectivity index (χ1v) is 7.69. The van der Waals surface area contributed by atoms with Crippen molar-refractivity contribution < 1.29 is 49.1 Å². The molecule has 0 aromatic heterocycles. The summed E-state index contributed by atoms with van der Waals surface area (Å²) in [6.07, 6.45) is 0. The predicted molar refractivity (Wildman–Crippen MR) is 91.3 cm³/mol. The van der Waals surface area contributed by atoms with E-state index in [0.717, 1.165) is 30.3 Å². The number of phenolic OH excluding ortho intramolecular Hbond substituents is 1. The van der Waals surface area contributed by atoms with Crippen molar-refractivity contribution in [3.8, 4) is 5.75 Å². The lowest BCUT2D eigenvalue weighted by Gasteiger charge is -2.09. The van der Waals surface area contributed by atoms with E-state index in [9.17, 15) is 29.6 Å². The average molecular weight is 407 g/mol. The van der Waals surface area contributed by atoms with E-state index in [4.69, 9.17) is 15.1 Å². The van der Waals surface area contributed by atoms with Gasteiger partial charge in [0.2, 0.25) is 6.79 Å². The summed E-state index contributed by atoms with van der Waals surface area (Å²) in [6, 6.07) is 6.04. The Morgan fingerprint density at radius 1 is 0.931 bits per heavy atom. The molecule has 2 aromatic carbocycles. The number of non-ortho nitro benzene ring substituents is 1. The van der Waals surface area contributed by atoms with Gasteiger partial charge in [-0.1, -0.05) is 0 Å². The molecule has 0 heterocycles. The topological polar surface area (TPSA) is 183 Å². The molecule has 2 rings (SSSR count). The van der Waals surface area contributed by atoms with Crippen molar-refractivity contribution in [3.63, 3.8) is 0 Å². The lowest BCUT2D eigenvalue weighted by molar-refractivity contribution is -0.384. The summed E-state index contributed by atoms with van der Waals surface area (Å²) < 4.78 is 4.66. The Labute approximate surface area is 161 Å². The van der Waals surface area contributed by atoms with E-state index in [2.05, 4.69) is 9.62 Å². The van der Waals surface area contributed by atoms with Crippen LogP contribution in [0.2, 0.25) is 0 Å². The van der Waals surface area contributed by atoms with Crippen LogP contribution in [0.15, 0.2) is 36.4 Å². The second-order valence-corrected chi connectivity index (χ2v) is 5.37. The van der Waals surface area contributed by atoms with Gasteiger partial charge in [-0.15, -0.1) is 0 Å². The number of nitro benzene ring substituents is 1. The fraction of sp³-hybridized carbons (Fsp3) is 0.118. The number of carbonyl (C=O) groups excluding carboxylic acids is 1. The molecule has 0 bridgehead atoms. The van der Waals surface area contributed by atoms with Gasteiger partial charge >= 0.3 is 17.9 Å². The standard InChI is InChI=1S/C17H13NO11/c19-11-2-4-12(15(20)21)9(5-11)7-28-29-8-27-17(24)14-6-10(18(25)26)1-3-13(14)16(22)23/h1-6,19H,7-8H2,(H,20,21)(H,22,23). The van der Waals surface area contributed by atoms with Gasteiger partial charge in [-0.3, -0.25) is 10.1 Å². The number of hydrogen-bond donors (Lipinski definition) is 3. The maximum atomic E-state index is 12.0. The molecule has 0 aliphatic carbocycles.